The molecule has 1 aliphatic heterocycles. The van der Waals surface area contributed by atoms with Crippen LogP contribution >= 0.6 is 0 Å². The number of para-hydroxylation sites is 1. The molecular weight excluding hydrogens is 364 g/mol. The van der Waals surface area contributed by atoms with Gasteiger partial charge in [0.05, 0.1) is 7.11 Å². The minimum atomic E-state index is -0.00848. The van der Waals surface area contributed by atoms with E-state index >= 15 is 0 Å². The molecule has 0 aromatic heterocycles. The molecule has 2 aromatic rings. The Hall–Kier alpha value is -2.82. The smallest absolute Gasteiger partial charge is 0.223 e. The largest absolute Gasteiger partial charge is 0.496 e. The third kappa shape index (κ3) is 6.08. The molecule has 1 fully saturated rings. The van der Waals surface area contributed by atoms with Gasteiger partial charge in [-0.1, -0.05) is 48.5 Å². The van der Waals surface area contributed by atoms with Gasteiger partial charge in [0.2, 0.25) is 11.8 Å². The van der Waals surface area contributed by atoms with Gasteiger partial charge in [-0.3, -0.25) is 9.59 Å². The minimum Gasteiger partial charge on any atom is -0.496 e. The van der Waals surface area contributed by atoms with Crippen LogP contribution in [0.15, 0.2) is 54.6 Å². The molecular formula is C24H30N2O3. The topological polar surface area (TPSA) is 58.6 Å². The van der Waals surface area contributed by atoms with Crippen LogP contribution in [0.2, 0.25) is 0 Å². The fourth-order valence-electron chi connectivity index (χ4n) is 3.82. The van der Waals surface area contributed by atoms with E-state index in [2.05, 4.69) is 17.4 Å². The standard InChI is InChI=1S/C24H30N2O3/c1-29-22-10-6-5-9-20(22)13-16-25-24(28)21-14-17-26(18-15-21)23(27)12-11-19-7-3-2-4-8-19/h2-10,21H,11-18H2,1H3,(H,25,28). The van der Waals surface area contributed by atoms with E-state index in [9.17, 15) is 9.59 Å². The van der Waals surface area contributed by atoms with E-state index < -0.39 is 0 Å². The van der Waals surface area contributed by atoms with Gasteiger partial charge < -0.3 is 15.0 Å². The zero-order chi connectivity index (χ0) is 20.5. The number of hydrogen-bond acceptors (Lipinski definition) is 3. The fourth-order valence-corrected chi connectivity index (χ4v) is 3.82. The first-order chi connectivity index (χ1) is 14.2. The van der Waals surface area contributed by atoms with Gasteiger partial charge in [0.25, 0.3) is 0 Å². The second-order valence-electron chi connectivity index (χ2n) is 7.49. The number of hydrogen-bond donors (Lipinski definition) is 1. The monoisotopic (exact) mass is 394 g/mol. The van der Waals surface area contributed by atoms with Crippen LogP contribution in [0.25, 0.3) is 0 Å². The third-order valence-corrected chi connectivity index (χ3v) is 5.57. The lowest BCUT2D eigenvalue weighted by molar-refractivity contribution is -0.135. The van der Waals surface area contributed by atoms with Crippen molar-refractivity contribution < 1.29 is 14.3 Å². The molecule has 1 saturated heterocycles. The first-order valence-electron chi connectivity index (χ1n) is 10.4. The highest BCUT2D eigenvalue weighted by atomic mass is 16.5. The van der Waals surface area contributed by atoms with Gasteiger partial charge in [0.15, 0.2) is 0 Å². The molecule has 0 saturated carbocycles. The number of carbonyl (C=O) groups excluding carboxylic acids is 2. The zero-order valence-corrected chi connectivity index (χ0v) is 17.1. The van der Waals surface area contributed by atoms with Crippen LogP contribution in [-0.4, -0.2) is 43.5 Å². The van der Waals surface area contributed by atoms with Crippen LogP contribution < -0.4 is 10.1 Å². The predicted octanol–water partition coefficient (Wildman–Crippen LogP) is 3.23. The molecule has 1 N–H and O–H groups in total. The Bertz CT molecular complexity index is 799. The molecule has 1 aliphatic rings. The van der Waals surface area contributed by atoms with Crippen molar-refractivity contribution in [3.8, 4) is 5.75 Å². The quantitative estimate of drug-likeness (QED) is 0.748. The number of carbonyl (C=O) groups is 2. The normalized spacial score (nSPS) is 14.4. The summed E-state index contributed by atoms with van der Waals surface area (Å²) in [6.45, 7) is 1.92. The number of amides is 2. The van der Waals surface area contributed by atoms with Crippen LogP contribution in [0.3, 0.4) is 0 Å². The molecule has 154 valence electrons. The van der Waals surface area contributed by atoms with E-state index in [0.717, 1.165) is 37.0 Å². The molecule has 29 heavy (non-hydrogen) atoms. The summed E-state index contributed by atoms with van der Waals surface area (Å²) in [5, 5.41) is 3.04. The lowest BCUT2D eigenvalue weighted by Crippen LogP contribution is -2.43. The van der Waals surface area contributed by atoms with Crippen molar-refractivity contribution in [2.75, 3.05) is 26.7 Å². The van der Waals surface area contributed by atoms with E-state index in [4.69, 9.17) is 4.74 Å². The summed E-state index contributed by atoms with van der Waals surface area (Å²) in [6, 6.07) is 17.9. The Balaban J connectivity index is 1.37. The van der Waals surface area contributed by atoms with Crippen LogP contribution in [0.4, 0.5) is 0 Å². The van der Waals surface area contributed by atoms with Gasteiger partial charge in [0.1, 0.15) is 5.75 Å². The zero-order valence-electron chi connectivity index (χ0n) is 17.1. The van der Waals surface area contributed by atoms with E-state index in [1.54, 1.807) is 7.11 Å². The molecule has 2 aromatic carbocycles. The van der Waals surface area contributed by atoms with Crippen molar-refractivity contribution in [1.29, 1.82) is 0 Å². The number of piperidine rings is 1. The molecule has 5 heteroatoms. The maximum absolute atomic E-state index is 12.5. The minimum absolute atomic E-state index is 0.00848. The van der Waals surface area contributed by atoms with Gasteiger partial charge in [-0.05, 0) is 42.9 Å². The number of nitrogens with one attached hydrogen (secondary N) is 1. The first kappa shape index (κ1) is 20.9. The van der Waals surface area contributed by atoms with Gasteiger partial charge in [-0.15, -0.1) is 0 Å². The number of ether oxygens (including phenoxy) is 1. The summed E-state index contributed by atoms with van der Waals surface area (Å²) in [7, 11) is 1.66. The molecule has 2 amide bonds. The summed E-state index contributed by atoms with van der Waals surface area (Å²) < 4.78 is 5.35. The summed E-state index contributed by atoms with van der Waals surface area (Å²) >= 11 is 0. The second kappa shape index (κ2) is 10.6. The molecule has 0 aliphatic carbocycles. The molecule has 0 bridgehead atoms. The van der Waals surface area contributed by atoms with Gasteiger partial charge >= 0.3 is 0 Å². The van der Waals surface area contributed by atoms with Crippen LogP contribution in [-0.2, 0) is 22.4 Å². The van der Waals surface area contributed by atoms with Gasteiger partial charge in [0, 0.05) is 32.0 Å². The molecule has 0 unspecified atom stereocenters. The van der Waals surface area contributed by atoms with Gasteiger partial charge in [-0.2, -0.15) is 0 Å². The summed E-state index contributed by atoms with van der Waals surface area (Å²) in [5.41, 5.74) is 2.28. The summed E-state index contributed by atoms with van der Waals surface area (Å²) in [5.74, 6) is 1.12. The van der Waals surface area contributed by atoms with Crippen molar-refractivity contribution in [1.82, 2.24) is 10.2 Å². The van der Waals surface area contributed by atoms with E-state index in [0.29, 0.717) is 26.1 Å². The Labute approximate surface area is 173 Å². The maximum atomic E-state index is 12.5. The highest BCUT2D eigenvalue weighted by Gasteiger charge is 2.26. The van der Waals surface area contributed by atoms with E-state index in [-0.39, 0.29) is 17.7 Å². The molecule has 5 nitrogen and oxygen atoms in total. The average Bonchev–Trinajstić information content (AvgIpc) is 2.78. The van der Waals surface area contributed by atoms with Crippen molar-refractivity contribution >= 4 is 11.8 Å². The predicted molar refractivity (Wildman–Crippen MR) is 114 cm³/mol. The number of benzene rings is 2. The Morgan fingerprint density at radius 1 is 1.00 bits per heavy atom. The Morgan fingerprint density at radius 2 is 1.69 bits per heavy atom. The van der Waals surface area contributed by atoms with Crippen molar-refractivity contribution in [3.63, 3.8) is 0 Å². The molecule has 0 atom stereocenters. The SMILES string of the molecule is COc1ccccc1CCNC(=O)C1CCN(C(=O)CCc2ccccc2)CC1. The number of methoxy groups -OCH3 is 1. The Morgan fingerprint density at radius 3 is 2.41 bits per heavy atom. The lowest BCUT2D eigenvalue weighted by Gasteiger charge is -2.31. The number of nitrogens with zero attached hydrogens (tertiary/aromatic N) is 1. The fraction of sp³-hybridized carbons (Fsp3) is 0.417. The molecule has 1 heterocycles. The van der Waals surface area contributed by atoms with Crippen LogP contribution in [0.5, 0.6) is 5.75 Å². The number of likely N-dealkylation sites (tertiary alicyclic amines) is 1. The van der Waals surface area contributed by atoms with E-state index in [1.165, 1.54) is 5.56 Å². The maximum Gasteiger partial charge on any atom is 0.223 e. The van der Waals surface area contributed by atoms with Gasteiger partial charge in [-0.25, -0.2) is 0 Å². The Kier molecular flexibility index (Phi) is 7.68. The number of rotatable bonds is 8. The number of aryl methyl sites for hydroxylation is 1. The molecule has 0 spiro atoms. The molecule has 3 rings (SSSR count). The van der Waals surface area contributed by atoms with Crippen molar-refractivity contribution in [2.24, 2.45) is 5.92 Å². The second-order valence-corrected chi connectivity index (χ2v) is 7.49. The van der Waals surface area contributed by atoms with Crippen LogP contribution in [0, 0.1) is 5.92 Å². The van der Waals surface area contributed by atoms with Crippen molar-refractivity contribution in [3.05, 3.63) is 65.7 Å². The summed E-state index contributed by atoms with van der Waals surface area (Å²) in [6.07, 6.45) is 3.50. The lowest BCUT2D eigenvalue weighted by atomic mass is 9.95. The summed E-state index contributed by atoms with van der Waals surface area (Å²) in [4.78, 5) is 26.8. The molecule has 0 radical (unpaired) electrons. The first-order valence-corrected chi connectivity index (χ1v) is 10.4. The highest BCUT2D eigenvalue weighted by molar-refractivity contribution is 5.80. The average molecular weight is 395 g/mol. The third-order valence-electron chi connectivity index (χ3n) is 5.57. The van der Waals surface area contributed by atoms with Crippen LogP contribution in [0.1, 0.15) is 30.4 Å². The van der Waals surface area contributed by atoms with E-state index in [1.807, 2.05) is 47.4 Å². The van der Waals surface area contributed by atoms with Crippen molar-refractivity contribution in [2.45, 2.75) is 32.1 Å². The highest BCUT2D eigenvalue weighted by Crippen LogP contribution is 2.20.